The van der Waals surface area contributed by atoms with E-state index in [1.807, 2.05) is 50.2 Å². The maximum atomic E-state index is 5.73. The fourth-order valence-electron chi connectivity index (χ4n) is 1.59. The molecule has 17 heavy (non-hydrogen) atoms. The Morgan fingerprint density at radius 1 is 1.18 bits per heavy atom. The Labute approximate surface area is 102 Å². The lowest BCUT2D eigenvalue weighted by Crippen LogP contribution is -1.96. The zero-order valence-corrected chi connectivity index (χ0v) is 10.1. The van der Waals surface area contributed by atoms with Gasteiger partial charge in [0.05, 0.1) is 5.69 Å². The number of pyridine rings is 1. The minimum Gasteiger partial charge on any atom is -0.455 e. The van der Waals surface area contributed by atoms with Crippen molar-refractivity contribution in [1.29, 1.82) is 0 Å². The van der Waals surface area contributed by atoms with E-state index in [0.29, 0.717) is 5.76 Å². The van der Waals surface area contributed by atoms with Gasteiger partial charge < -0.3 is 4.74 Å². The average molecular weight is 225 g/mol. The molecule has 2 rings (SSSR count). The first kappa shape index (κ1) is 11.4. The van der Waals surface area contributed by atoms with E-state index in [0.717, 1.165) is 17.0 Å². The normalized spacial score (nSPS) is 10.0. The Morgan fingerprint density at radius 2 is 2.00 bits per heavy atom. The molecule has 0 aliphatic heterocycles. The van der Waals surface area contributed by atoms with Gasteiger partial charge >= 0.3 is 0 Å². The van der Waals surface area contributed by atoms with E-state index in [1.165, 1.54) is 5.56 Å². The Balaban J connectivity index is 2.20. The lowest BCUT2D eigenvalue weighted by Gasteiger charge is -2.10. The first-order valence-electron chi connectivity index (χ1n) is 5.52. The van der Waals surface area contributed by atoms with Crippen LogP contribution in [-0.4, -0.2) is 4.98 Å². The van der Waals surface area contributed by atoms with Crippen LogP contribution in [0.4, 0.5) is 0 Å². The molecule has 1 aromatic heterocycles. The summed E-state index contributed by atoms with van der Waals surface area (Å²) < 4.78 is 5.73. The highest BCUT2D eigenvalue weighted by Gasteiger charge is 2.04. The van der Waals surface area contributed by atoms with Gasteiger partial charge in [0.15, 0.2) is 0 Å². The van der Waals surface area contributed by atoms with Crippen LogP contribution in [0.25, 0.3) is 5.76 Å². The highest BCUT2D eigenvalue weighted by molar-refractivity contribution is 5.60. The molecule has 0 atom stereocenters. The molecule has 0 amide bonds. The van der Waals surface area contributed by atoms with Gasteiger partial charge in [0.25, 0.3) is 0 Å². The van der Waals surface area contributed by atoms with Crippen LogP contribution in [0.15, 0.2) is 49.2 Å². The van der Waals surface area contributed by atoms with Gasteiger partial charge in [-0.1, -0.05) is 30.3 Å². The van der Waals surface area contributed by atoms with Crippen LogP contribution in [-0.2, 0) is 0 Å². The quantitative estimate of drug-likeness (QED) is 0.742. The van der Waals surface area contributed by atoms with E-state index >= 15 is 0 Å². The molecule has 2 aromatic rings. The maximum absolute atomic E-state index is 5.73. The molecule has 0 N–H and O–H groups in total. The lowest BCUT2D eigenvalue weighted by molar-refractivity contribution is 0.509. The Kier molecular flexibility index (Phi) is 3.24. The van der Waals surface area contributed by atoms with Gasteiger partial charge in [-0.25, -0.2) is 0 Å². The Morgan fingerprint density at radius 3 is 2.71 bits per heavy atom. The molecule has 0 bridgehead atoms. The molecule has 86 valence electrons. The van der Waals surface area contributed by atoms with E-state index in [9.17, 15) is 0 Å². The summed E-state index contributed by atoms with van der Waals surface area (Å²) in [6.45, 7) is 7.92. The third-order valence-corrected chi connectivity index (χ3v) is 2.53. The number of aryl methyl sites for hydroxylation is 2. The molecule has 2 nitrogen and oxygen atoms in total. The van der Waals surface area contributed by atoms with Crippen molar-refractivity contribution in [2.24, 2.45) is 0 Å². The summed E-state index contributed by atoms with van der Waals surface area (Å²) in [5, 5.41) is 0. The second-order valence-corrected chi connectivity index (χ2v) is 3.98. The number of benzene rings is 1. The molecular weight excluding hydrogens is 210 g/mol. The third kappa shape index (κ3) is 2.72. The smallest absolute Gasteiger partial charge is 0.148 e. The summed E-state index contributed by atoms with van der Waals surface area (Å²) in [6.07, 6.45) is 1.75. The van der Waals surface area contributed by atoms with Crippen molar-refractivity contribution in [3.05, 3.63) is 66.0 Å². The first-order chi connectivity index (χ1) is 8.16. The van der Waals surface area contributed by atoms with Crippen molar-refractivity contribution in [3.8, 4) is 5.75 Å². The van der Waals surface area contributed by atoms with Crippen LogP contribution < -0.4 is 4.74 Å². The predicted octanol–water partition coefficient (Wildman–Crippen LogP) is 3.75. The minimum atomic E-state index is 0.643. The van der Waals surface area contributed by atoms with Crippen LogP contribution in [0.2, 0.25) is 0 Å². The van der Waals surface area contributed by atoms with E-state index in [-0.39, 0.29) is 0 Å². The fraction of sp³-hybridized carbons (Fsp3) is 0.133. The lowest BCUT2D eigenvalue weighted by atomic mass is 10.1. The summed E-state index contributed by atoms with van der Waals surface area (Å²) >= 11 is 0. The summed E-state index contributed by atoms with van der Waals surface area (Å²) in [5.41, 5.74) is 3.05. The second-order valence-electron chi connectivity index (χ2n) is 3.98. The van der Waals surface area contributed by atoms with Crippen LogP contribution in [0.5, 0.6) is 5.75 Å². The van der Waals surface area contributed by atoms with Crippen LogP contribution in [0.1, 0.15) is 16.8 Å². The number of nitrogens with zero attached hydrogens (tertiary/aromatic N) is 1. The van der Waals surface area contributed by atoms with Crippen molar-refractivity contribution in [3.63, 3.8) is 0 Å². The largest absolute Gasteiger partial charge is 0.455 e. The molecule has 0 spiro atoms. The van der Waals surface area contributed by atoms with Crippen LogP contribution in [0, 0.1) is 13.8 Å². The monoisotopic (exact) mass is 225 g/mol. The molecule has 0 aliphatic rings. The standard InChI is InChI=1S/C15H15NO/c1-11-6-4-7-14(10-11)13(3)17-15-8-5-9-16-12(15)2/h4-10H,3H2,1-2H3. The summed E-state index contributed by atoms with van der Waals surface area (Å²) in [6, 6.07) is 11.8. The van der Waals surface area contributed by atoms with Crippen molar-refractivity contribution in [2.45, 2.75) is 13.8 Å². The SMILES string of the molecule is C=C(Oc1cccnc1C)c1cccc(C)c1. The van der Waals surface area contributed by atoms with Gasteiger partial charge in [-0.05, 0) is 32.0 Å². The second kappa shape index (κ2) is 4.83. The van der Waals surface area contributed by atoms with Gasteiger partial charge in [-0.3, -0.25) is 4.98 Å². The van der Waals surface area contributed by atoms with E-state index in [1.54, 1.807) is 6.20 Å². The van der Waals surface area contributed by atoms with E-state index in [4.69, 9.17) is 4.74 Å². The Bertz CT molecular complexity index is 546. The molecule has 0 aliphatic carbocycles. The van der Waals surface area contributed by atoms with Gasteiger partial charge in [0.1, 0.15) is 11.5 Å². The zero-order chi connectivity index (χ0) is 12.3. The minimum absolute atomic E-state index is 0.643. The molecule has 0 saturated carbocycles. The number of rotatable bonds is 3. The highest BCUT2D eigenvalue weighted by Crippen LogP contribution is 2.22. The van der Waals surface area contributed by atoms with Crippen LogP contribution >= 0.6 is 0 Å². The topological polar surface area (TPSA) is 22.1 Å². The molecule has 0 fully saturated rings. The first-order valence-corrected chi connectivity index (χ1v) is 5.52. The van der Waals surface area contributed by atoms with Gasteiger partial charge in [-0.15, -0.1) is 0 Å². The molecule has 0 radical (unpaired) electrons. The van der Waals surface area contributed by atoms with Crippen molar-refractivity contribution < 1.29 is 4.74 Å². The van der Waals surface area contributed by atoms with E-state index < -0.39 is 0 Å². The fourth-order valence-corrected chi connectivity index (χ4v) is 1.59. The molecule has 0 saturated heterocycles. The summed E-state index contributed by atoms with van der Waals surface area (Å²) in [5.74, 6) is 1.39. The summed E-state index contributed by atoms with van der Waals surface area (Å²) in [7, 11) is 0. The molecular formula is C15H15NO. The van der Waals surface area contributed by atoms with Gasteiger partial charge in [0.2, 0.25) is 0 Å². The van der Waals surface area contributed by atoms with Gasteiger partial charge in [0, 0.05) is 11.8 Å². The highest BCUT2D eigenvalue weighted by atomic mass is 16.5. The maximum Gasteiger partial charge on any atom is 0.148 e. The molecule has 1 heterocycles. The average Bonchev–Trinajstić information content (AvgIpc) is 2.32. The molecule has 0 unspecified atom stereocenters. The number of hydrogen-bond donors (Lipinski definition) is 0. The predicted molar refractivity (Wildman–Crippen MR) is 69.8 cm³/mol. The third-order valence-electron chi connectivity index (χ3n) is 2.53. The van der Waals surface area contributed by atoms with Crippen molar-refractivity contribution >= 4 is 5.76 Å². The zero-order valence-electron chi connectivity index (χ0n) is 10.1. The van der Waals surface area contributed by atoms with Crippen molar-refractivity contribution in [2.75, 3.05) is 0 Å². The van der Waals surface area contributed by atoms with Crippen molar-refractivity contribution in [1.82, 2.24) is 4.98 Å². The van der Waals surface area contributed by atoms with E-state index in [2.05, 4.69) is 11.6 Å². The number of aromatic nitrogens is 1. The Hall–Kier alpha value is -2.09. The summed E-state index contributed by atoms with van der Waals surface area (Å²) in [4.78, 5) is 4.18. The van der Waals surface area contributed by atoms with Crippen LogP contribution in [0.3, 0.4) is 0 Å². The molecule has 1 aromatic carbocycles. The van der Waals surface area contributed by atoms with Gasteiger partial charge in [-0.2, -0.15) is 0 Å². The number of ether oxygens (including phenoxy) is 1. The molecule has 2 heteroatoms. The number of hydrogen-bond acceptors (Lipinski definition) is 2.